The lowest BCUT2D eigenvalue weighted by atomic mass is 9.90. The van der Waals surface area contributed by atoms with Gasteiger partial charge in [-0.25, -0.2) is 0 Å². The highest BCUT2D eigenvalue weighted by Gasteiger charge is 2.29. The molecule has 1 rings (SSSR count). The van der Waals surface area contributed by atoms with Crippen molar-refractivity contribution in [2.24, 2.45) is 5.73 Å². The molecular formula is C15H26N2O. The summed E-state index contributed by atoms with van der Waals surface area (Å²) in [6.45, 7) is 8.14. The Hall–Kier alpha value is -0.900. The van der Waals surface area contributed by atoms with Crippen LogP contribution in [-0.4, -0.2) is 35.7 Å². The van der Waals surface area contributed by atoms with Crippen molar-refractivity contribution in [1.29, 1.82) is 0 Å². The second-order valence-corrected chi connectivity index (χ2v) is 5.24. The number of benzene rings is 1. The molecule has 1 atom stereocenters. The van der Waals surface area contributed by atoms with Gasteiger partial charge in [-0.2, -0.15) is 0 Å². The molecule has 0 amide bonds. The first kappa shape index (κ1) is 15.2. The number of rotatable bonds is 7. The van der Waals surface area contributed by atoms with Crippen LogP contribution < -0.4 is 5.73 Å². The SMILES string of the molecule is CCCN(CC(N)(CO)c1ccccc1)C(C)C. The van der Waals surface area contributed by atoms with Gasteiger partial charge in [0.25, 0.3) is 0 Å². The van der Waals surface area contributed by atoms with Crippen LogP contribution >= 0.6 is 0 Å². The maximum atomic E-state index is 9.69. The standard InChI is InChI=1S/C15H26N2O/c1-4-10-17(13(2)3)11-15(16,12-18)14-8-6-5-7-9-14/h5-9,13,18H,4,10-12,16H2,1-3H3. The van der Waals surface area contributed by atoms with Crippen LogP contribution in [0.1, 0.15) is 32.8 Å². The second kappa shape index (κ2) is 6.88. The number of hydrogen-bond acceptors (Lipinski definition) is 3. The molecule has 0 aromatic heterocycles. The summed E-state index contributed by atoms with van der Waals surface area (Å²) in [5, 5.41) is 9.69. The van der Waals surface area contributed by atoms with Gasteiger partial charge >= 0.3 is 0 Å². The monoisotopic (exact) mass is 250 g/mol. The predicted octanol–water partition coefficient (Wildman–Crippen LogP) is 1.95. The van der Waals surface area contributed by atoms with Crippen molar-refractivity contribution in [2.75, 3.05) is 19.7 Å². The Morgan fingerprint density at radius 1 is 1.28 bits per heavy atom. The first-order valence-corrected chi connectivity index (χ1v) is 6.73. The molecule has 1 aromatic carbocycles. The van der Waals surface area contributed by atoms with E-state index >= 15 is 0 Å². The van der Waals surface area contributed by atoms with Crippen LogP contribution in [0.5, 0.6) is 0 Å². The average Bonchev–Trinajstić information content (AvgIpc) is 2.39. The van der Waals surface area contributed by atoms with Crippen LogP contribution in [0, 0.1) is 0 Å². The molecule has 0 aliphatic carbocycles. The first-order valence-electron chi connectivity index (χ1n) is 6.73. The zero-order chi connectivity index (χ0) is 13.6. The molecule has 3 nitrogen and oxygen atoms in total. The number of aliphatic hydroxyl groups excluding tert-OH is 1. The Labute approximate surface area is 111 Å². The Kier molecular flexibility index (Phi) is 5.79. The number of aliphatic hydroxyl groups is 1. The smallest absolute Gasteiger partial charge is 0.0773 e. The molecule has 0 saturated heterocycles. The van der Waals surface area contributed by atoms with E-state index in [1.807, 2.05) is 30.3 Å². The third-order valence-corrected chi connectivity index (χ3v) is 3.36. The molecular weight excluding hydrogens is 224 g/mol. The molecule has 3 heteroatoms. The van der Waals surface area contributed by atoms with Gasteiger partial charge in [0.1, 0.15) is 0 Å². The van der Waals surface area contributed by atoms with Gasteiger partial charge < -0.3 is 10.8 Å². The van der Waals surface area contributed by atoms with E-state index in [-0.39, 0.29) is 6.61 Å². The molecule has 0 bridgehead atoms. The lowest BCUT2D eigenvalue weighted by molar-refractivity contribution is 0.117. The molecule has 3 N–H and O–H groups in total. The third-order valence-electron chi connectivity index (χ3n) is 3.36. The first-order chi connectivity index (χ1) is 8.53. The average molecular weight is 250 g/mol. The van der Waals surface area contributed by atoms with Crippen LogP contribution in [0.3, 0.4) is 0 Å². The van der Waals surface area contributed by atoms with Gasteiger partial charge in [-0.1, -0.05) is 37.3 Å². The maximum Gasteiger partial charge on any atom is 0.0773 e. The summed E-state index contributed by atoms with van der Waals surface area (Å²) in [4.78, 5) is 2.32. The summed E-state index contributed by atoms with van der Waals surface area (Å²) in [6.07, 6.45) is 1.09. The minimum Gasteiger partial charge on any atom is -0.394 e. The van der Waals surface area contributed by atoms with Crippen molar-refractivity contribution >= 4 is 0 Å². The number of hydrogen-bond donors (Lipinski definition) is 2. The zero-order valence-corrected chi connectivity index (χ0v) is 11.8. The third kappa shape index (κ3) is 3.80. The summed E-state index contributed by atoms with van der Waals surface area (Å²) in [5.41, 5.74) is 6.71. The van der Waals surface area contributed by atoms with Gasteiger partial charge in [-0.05, 0) is 32.4 Å². The van der Waals surface area contributed by atoms with E-state index in [4.69, 9.17) is 5.73 Å². The predicted molar refractivity (Wildman–Crippen MR) is 76.4 cm³/mol. The van der Waals surface area contributed by atoms with Gasteiger partial charge in [-0.15, -0.1) is 0 Å². The molecule has 0 aliphatic rings. The summed E-state index contributed by atoms with van der Waals surface area (Å²) in [7, 11) is 0. The molecule has 0 radical (unpaired) electrons. The molecule has 0 aliphatic heterocycles. The van der Waals surface area contributed by atoms with Gasteiger partial charge in [0.15, 0.2) is 0 Å². The molecule has 1 aromatic rings. The highest BCUT2D eigenvalue weighted by Crippen LogP contribution is 2.20. The van der Waals surface area contributed by atoms with Crippen LogP contribution in [-0.2, 0) is 5.54 Å². The zero-order valence-electron chi connectivity index (χ0n) is 11.8. The van der Waals surface area contributed by atoms with E-state index < -0.39 is 5.54 Å². The normalized spacial score (nSPS) is 15.1. The van der Waals surface area contributed by atoms with Gasteiger partial charge in [0.2, 0.25) is 0 Å². The van der Waals surface area contributed by atoms with Crippen LogP contribution in [0.25, 0.3) is 0 Å². The number of nitrogens with two attached hydrogens (primary N) is 1. The molecule has 0 spiro atoms. The fourth-order valence-corrected chi connectivity index (χ4v) is 2.17. The maximum absolute atomic E-state index is 9.69. The van der Waals surface area contributed by atoms with E-state index in [0.29, 0.717) is 12.6 Å². The van der Waals surface area contributed by atoms with Crippen molar-refractivity contribution in [3.8, 4) is 0 Å². The second-order valence-electron chi connectivity index (χ2n) is 5.24. The van der Waals surface area contributed by atoms with Crippen molar-refractivity contribution in [1.82, 2.24) is 4.90 Å². The minimum absolute atomic E-state index is 0.0378. The Morgan fingerprint density at radius 3 is 2.33 bits per heavy atom. The largest absolute Gasteiger partial charge is 0.394 e. The van der Waals surface area contributed by atoms with E-state index in [9.17, 15) is 5.11 Å². The molecule has 102 valence electrons. The van der Waals surface area contributed by atoms with E-state index in [0.717, 1.165) is 18.5 Å². The topological polar surface area (TPSA) is 49.5 Å². The van der Waals surface area contributed by atoms with Crippen molar-refractivity contribution < 1.29 is 5.11 Å². The van der Waals surface area contributed by atoms with E-state index in [2.05, 4.69) is 25.7 Å². The van der Waals surface area contributed by atoms with Crippen molar-refractivity contribution in [3.05, 3.63) is 35.9 Å². The number of nitrogens with zero attached hydrogens (tertiary/aromatic N) is 1. The van der Waals surface area contributed by atoms with Crippen molar-refractivity contribution in [2.45, 2.75) is 38.8 Å². The molecule has 1 unspecified atom stereocenters. The summed E-state index contributed by atoms with van der Waals surface area (Å²) in [6, 6.07) is 10.3. The van der Waals surface area contributed by atoms with Crippen LogP contribution in [0.4, 0.5) is 0 Å². The van der Waals surface area contributed by atoms with E-state index in [1.54, 1.807) is 0 Å². The van der Waals surface area contributed by atoms with Gasteiger partial charge in [-0.3, -0.25) is 4.90 Å². The Bertz CT molecular complexity index is 340. The lowest BCUT2D eigenvalue weighted by Gasteiger charge is -2.36. The fraction of sp³-hybridized carbons (Fsp3) is 0.600. The van der Waals surface area contributed by atoms with Gasteiger partial charge in [0, 0.05) is 12.6 Å². The van der Waals surface area contributed by atoms with E-state index in [1.165, 1.54) is 0 Å². The molecule has 0 saturated carbocycles. The fourth-order valence-electron chi connectivity index (χ4n) is 2.17. The van der Waals surface area contributed by atoms with Crippen LogP contribution in [0.15, 0.2) is 30.3 Å². The summed E-state index contributed by atoms with van der Waals surface area (Å²) in [5.74, 6) is 0. The highest BCUT2D eigenvalue weighted by molar-refractivity contribution is 5.24. The summed E-state index contributed by atoms with van der Waals surface area (Å²) >= 11 is 0. The van der Waals surface area contributed by atoms with Crippen LogP contribution in [0.2, 0.25) is 0 Å². The van der Waals surface area contributed by atoms with Crippen molar-refractivity contribution in [3.63, 3.8) is 0 Å². The Morgan fingerprint density at radius 2 is 1.89 bits per heavy atom. The molecule has 0 heterocycles. The quantitative estimate of drug-likeness (QED) is 0.777. The minimum atomic E-state index is -0.680. The lowest BCUT2D eigenvalue weighted by Crippen LogP contribution is -2.52. The molecule has 0 fully saturated rings. The highest BCUT2D eigenvalue weighted by atomic mass is 16.3. The Balaban J connectivity index is 2.88. The van der Waals surface area contributed by atoms with Gasteiger partial charge in [0.05, 0.1) is 12.1 Å². The summed E-state index contributed by atoms with van der Waals surface area (Å²) < 4.78 is 0. The molecule has 18 heavy (non-hydrogen) atoms.